The first-order valence-electron chi connectivity index (χ1n) is 7.23. The van der Waals surface area contributed by atoms with Crippen molar-refractivity contribution in [2.45, 2.75) is 40.3 Å². The van der Waals surface area contributed by atoms with Crippen molar-refractivity contribution in [1.29, 1.82) is 0 Å². The summed E-state index contributed by atoms with van der Waals surface area (Å²) >= 11 is 1.84. The van der Waals surface area contributed by atoms with Gasteiger partial charge in [0.15, 0.2) is 0 Å². The maximum Gasteiger partial charge on any atom is 0.124 e. The summed E-state index contributed by atoms with van der Waals surface area (Å²) in [6, 6.07) is 10.7. The summed E-state index contributed by atoms with van der Waals surface area (Å²) in [5, 5.41) is 3.37. The van der Waals surface area contributed by atoms with E-state index in [0.29, 0.717) is 6.61 Å². The Kier molecular flexibility index (Phi) is 5.62. The second-order valence-corrected chi connectivity index (χ2v) is 6.15. The molecule has 0 saturated carbocycles. The van der Waals surface area contributed by atoms with E-state index < -0.39 is 0 Å². The Hall–Kier alpha value is -1.32. The molecule has 1 aromatic carbocycles. The molecule has 2 rings (SSSR count). The van der Waals surface area contributed by atoms with Crippen LogP contribution in [0.4, 0.5) is 0 Å². The van der Waals surface area contributed by atoms with Gasteiger partial charge >= 0.3 is 0 Å². The fraction of sp³-hybridized carbons (Fsp3) is 0.412. The number of hydrogen-bond acceptors (Lipinski definition) is 3. The fourth-order valence-electron chi connectivity index (χ4n) is 2.09. The van der Waals surface area contributed by atoms with Gasteiger partial charge in [-0.05, 0) is 38.1 Å². The largest absolute Gasteiger partial charge is 0.488 e. The molecule has 0 spiro atoms. The summed E-state index contributed by atoms with van der Waals surface area (Å²) in [5.74, 6) is 0.989. The van der Waals surface area contributed by atoms with Crippen LogP contribution in [-0.2, 0) is 19.6 Å². The van der Waals surface area contributed by atoms with E-state index in [0.717, 1.165) is 25.3 Å². The molecule has 0 aliphatic heterocycles. The van der Waals surface area contributed by atoms with E-state index in [2.05, 4.69) is 56.4 Å². The van der Waals surface area contributed by atoms with Crippen molar-refractivity contribution in [3.8, 4) is 5.75 Å². The van der Waals surface area contributed by atoms with Gasteiger partial charge in [0.2, 0.25) is 0 Å². The van der Waals surface area contributed by atoms with E-state index >= 15 is 0 Å². The third kappa shape index (κ3) is 4.09. The van der Waals surface area contributed by atoms with Gasteiger partial charge in [-0.3, -0.25) is 0 Å². The van der Waals surface area contributed by atoms with E-state index in [9.17, 15) is 0 Å². The molecule has 0 aliphatic rings. The zero-order chi connectivity index (χ0) is 14.4. The quantitative estimate of drug-likeness (QED) is 0.820. The zero-order valence-electron chi connectivity index (χ0n) is 12.5. The number of ether oxygens (including phenoxy) is 1. The van der Waals surface area contributed by atoms with Crippen molar-refractivity contribution in [1.82, 2.24) is 5.32 Å². The second kappa shape index (κ2) is 7.46. The normalized spacial score (nSPS) is 10.8. The second-order valence-electron chi connectivity index (χ2n) is 4.90. The molecule has 1 N–H and O–H groups in total. The van der Waals surface area contributed by atoms with Gasteiger partial charge in [-0.1, -0.05) is 31.5 Å². The third-order valence-corrected chi connectivity index (χ3v) is 4.42. The molecule has 0 saturated heterocycles. The topological polar surface area (TPSA) is 21.3 Å². The maximum absolute atomic E-state index is 6.00. The van der Waals surface area contributed by atoms with Gasteiger partial charge in [-0.25, -0.2) is 0 Å². The van der Waals surface area contributed by atoms with Gasteiger partial charge in [0.05, 0.1) is 0 Å². The molecule has 108 valence electrons. The van der Waals surface area contributed by atoms with Crippen molar-refractivity contribution in [3.05, 3.63) is 51.2 Å². The molecule has 3 heteroatoms. The molecule has 0 fully saturated rings. The highest BCUT2D eigenvalue weighted by molar-refractivity contribution is 7.11. The van der Waals surface area contributed by atoms with E-state index in [1.165, 1.54) is 20.9 Å². The molecule has 0 unspecified atom stereocenters. The minimum atomic E-state index is 0.660. The SMILES string of the molecule is CCNCc1cc(C)ccc1OCc1ccc(CC)s1. The zero-order valence-corrected chi connectivity index (χ0v) is 13.3. The minimum absolute atomic E-state index is 0.660. The van der Waals surface area contributed by atoms with Crippen molar-refractivity contribution in [2.24, 2.45) is 0 Å². The first-order valence-corrected chi connectivity index (χ1v) is 8.05. The number of aryl methyl sites for hydroxylation is 2. The number of nitrogens with one attached hydrogen (secondary N) is 1. The lowest BCUT2D eigenvalue weighted by molar-refractivity contribution is 0.305. The molecule has 2 aromatic rings. The summed E-state index contributed by atoms with van der Waals surface area (Å²) in [5.41, 5.74) is 2.51. The van der Waals surface area contributed by atoms with Gasteiger partial charge in [-0.15, -0.1) is 11.3 Å². The summed E-state index contributed by atoms with van der Waals surface area (Å²) in [6.45, 7) is 8.91. The molecule has 1 aromatic heterocycles. The molecule has 1 heterocycles. The van der Waals surface area contributed by atoms with Crippen LogP contribution >= 0.6 is 11.3 Å². The smallest absolute Gasteiger partial charge is 0.124 e. The van der Waals surface area contributed by atoms with Crippen molar-refractivity contribution < 1.29 is 4.74 Å². The predicted octanol–water partition coefficient (Wildman–Crippen LogP) is 4.31. The summed E-state index contributed by atoms with van der Waals surface area (Å²) in [4.78, 5) is 2.71. The lowest BCUT2D eigenvalue weighted by Crippen LogP contribution is -2.13. The Morgan fingerprint density at radius 2 is 1.90 bits per heavy atom. The van der Waals surface area contributed by atoms with Gasteiger partial charge in [0.25, 0.3) is 0 Å². The van der Waals surface area contributed by atoms with Crippen LogP contribution in [0.15, 0.2) is 30.3 Å². The first-order chi connectivity index (χ1) is 9.72. The fourth-order valence-corrected chi connectivity index (χ4v) is 2.96. The number of rotatable bonds is 7. The molecule has 0 radical (unpaired) electrons. The van der Waals surface area contributed by atoms with Crippen molar-refractivity contribution >= 4 is 11.3 Å². The van der Waals surface area contributed by atoms with Crippen LogP contribution in [0.1, 0.15) is 34.7 Å². The summed E-state index contributed by atoms with van der Waals surface area (Å²) in [7, 11) is 0. The monoisotopic (exact) mass is 289 g/mol. The Morgan fingerprint density at radius 3 is 2.60 bits per heavy atom. The van der Waals surface area contributed by atoms with Crippen LogP contribution in [0, 0.1) is 6.92 Å². The average Bonchev–Trinajstić information content (AvgIpc) is 2.92. The maximum atomic E-state index is 6.00. The minimum Gasteiger partial charge on any atom is -0.488 e. The Bertz CT molecular complexity index is 548. The van der Waals surface area contributed by atoms with Crippen molar-refractivity contribution in [3.63, 3.8) is 0 Å². The van der Waals surface area contributed by atoms with Crippen LogP contribution in [0.5, 0.6) is 5.75 Å². The molecule has 0 aliphatic carbocycles. The van der Waals surface area contributed by atoms with Crippen LogP contribution < -0.4 is 10.1 Å². The first kappa shape index (κ1) is 15.1. The van der Waals surface area contributed by atoms with Crippen LogP contribution in [-0.4, -0.2) is 6.54 Å². The Morgan fingerprint density at radius 1 is 1.10 bits per heavy atom. The molecule has 0 amide bonds. The standard InChI is InChI=1S/C17H23NOS/c1-4-15-7-8-16(20-15)12-19-17-9-6-13(3)10-14(17)11-18-5-2/h6-10,18H,4-5,11-12H2,1-3H3. The summed E-state index contributed by atoms with van der Waals surface area (Å²) < 4.78 is 6.00. The Balaban J connectivity index is 2.04. The highest BCUT2D eigenvalue weighted by atomic mass is 32.1. The molecule has 0 atom stereocenters. The Labute approximate surface area is 125 Å². The van der Waals surface area contributed by atoms with Crippen LogP contribution in [0.2, 0.25) is 0 Å². The highest BCUT2D eigenvalue weighted by Gasteiger charge is 2.05. The van der Waals surface area contributed by atoms with Crippen LogP contribution in [0.25, 0.3) is 0 Å². The molecular formula is C17H23NOS. The van der Waals surface area contributed by atoms with E-state index in [-0.39, 0.29) is 0 Å². The van der Waals surface area contributed by atoms with Gasteiger partial charge in [-0.2, -0.15) is 0 Å². The highest BCUT2D eigenvalue weighted by Crippen LogP contribution is 2.23. The molecule has 20 heavy (non-hydrogen) atoms. The van der Waals surface area contributed by atoms with Crippen LogP contribution in [0.3, 0.4) is 0 Å². The van der Waals surface area contributed by atoms with Gasteiger partial charge < -0.3 is 10.1 Å². The summed E-state index contributed by atoms with van der Waals surface area (Å²) in [6.07, 6.45) is 1.10. The van der Waals surface area contributed by atoms with E-state index in [1.807, 2.05) is 11.3 Å². The van der Waals surface area contributed by atoms with Crippen molar-refractivity contribution in [2.75, 3.05) is 6.54 Å². The van der Waals surface area contributed by atoms with Gasteiger partial charge in [0.1, 0.15) is 12.4 Å². The lowest BCUT2D eigenvalue weighted by Gasteiger charge is -2.12. The number of benzene rings is 1. The molecule has 2 nitrogen and oxygen atoms in total. The van der Waals surface area contributed by atoms with E-state index in [1.54, 1.807) is 0 Å². The predicted molar refractivity (Wildman–Crippen MR) is 86.6 cm³/mol. The number of thiophene rings is 1. The third-order valence-electron chi connectivity index (χ3n) is 3.22. The van der Waals surface area contributed by atoms with E-state index in [4.69, 9.17) is 4.74 Å². The number of hydrogen-bond donors (Lipinski definition) is 1. The lowest BCUT2D eigenvalue weighted by atomic mass is 10.1. The van der Waals surface area contributed by atoms with Gasteiger partial charge in [0, 0.05) is 21.9 Å². The molecular weight excluding hydrogens is 266 g/mol. The molecule has 0 bridgehead atoms. The average molecular weight is 289 g/mol.